The van der Waals surface area contributed by atoms with Crippen LogP contribution in [0.15, 0.2) is 54.6 Å². The van der Waals surface area contributed by atoms with Gasteiger partial charge in [0.15, 0.2) is 4.34 Å². The zero-order valence-corrected chi connectivity index (χ0v) is 18.2. The van der Waals surface area contributed by atoms with Crippen molar-refractivity contribution in [3.63, 3.8) is 0 Å². The number of amides is 1. The molecule has 2 aromatic heterocycles. The average molecular weight is 496 g/mol. The van der Waals surface area contributed by atoms with Crippen LogP contribution < -0.4 is 15.5 Å². The Balaban J connectivity index is 1.61. The molecule has 0 spiro atoms. The van der Waals surface area contributed by atoms with Crippen molar-refractivity contribution in [1.29, 1.82) is 0 Å². The Labute approximate surface area is 181 Å². The number of nitrogens with one attached hydrogen (secondary N) is 1. The first-order valence-electron chi connectivity index (χ1n) is 8.31. The van der Waals surface area contributed by atoms with Crippen molar-refractivity contribution in [3.05, 3.63) is 62.6 Å². The van der Waals surface area contributed by atoms with Crippen LogP contribution in [0, 0.1) is 0 Å². The minimum Gasteiger partial charge on any atom is -0.464 e. The molecule has 0 unspecified atom stereocenters. The number of nitrogens with zero attached hydrogens (tertiary/aromatic N) is 2. The Kier molecular flexibility index (Phi) is 7.18. The van der Waals surface area contributed by atoms with Gasteiger partial charge >= 0.3 is 5.97 Å². The first-order valence-corrected chi connectivity index (χ1v) is 10.9. The Morgan fingerprint density at radius 1 is 1.31 bits per heavy atom. The number of benzene rings is 1. The van der Waals surface area contributed by atoms with Gasteiger partial charge in [-0.15, -0.1) is 10.2 Å². The van der Waals surface area contributed by atoms with E-state index in [4.69, 9.17) is 9.15 Å². The van der Waals surface area contributed by atoms with Gasteiger partial charge in [0.2, 0.25) is 22.2 Å². The molecular weight excluding hydrogens is 482 g/mol. The SMILES string of the molecule is CCC(=O)Nc1nnc(SCc2cc(=O)c(OC(=O)c3ccccc3Br)co2)s1. The van der Waals surface area contributed by atoms with Crippen LogP contribution in [-0.4, -0.2) is 22.1 Å². The second-order valence-corrected chi connectivity index (χ2v) is 8.56. The number of halogens is 1. The van der Waals surface area contributed by atoms with E-state index < -0.39 is 11.4 Å². The lowest BCUT2D eigenvalue weighted by Crippen LogP contribution is -2.15. The van der Waals surface area contributed by atoms with E-state index in [9.17, 15) is 14.4 Å². The number of aromatic nitrogens is 2. The Morgan fingerprint density at radius 2 is 2.10 bits per heavy atom. The number of hydrogen-bond acceptors (Lipinski definition) is 9. The van der Waals surface area contributed by atoms with Crippen LogP contribution in [0.1, 0.15) is 29.5 Å². The molecule has 0 radical (unpaired) electrons. The van der Waals surface area contributed by atoms with Gasteiger partial charge in [0.05, 0.1) is 11.3 Å². The van der Waals surface area contributed by atoms with Gasteiger partial charge in [-0.25, -0.2) is 4.79 Å². The van der Waals surface area contributed by atoms with Gasteiger partial charge in [-0.05, 0) is 28.1 Å². The Morgan fingerprint density at radius 3 is 2.83 bits per heavy atom. The predicted molar refractivity (Wildman–Crippen MR) is 112 cm³/mol. The number of rotatable bonds is 7. The third kappa shape index (κ3) is 5.75. The third-order valence-electron chi connectivity index (χ3n) is 3.46. The zero-order chi connectivity index (χ0) is 20.8. The van der Waals surface area contributed by atoms with E-state index >= 15 is 0 Å². The van der Waals surface area contributed by atoms with Crippen molar-refractivity contribution in [3.8, 4) is 5.75 Å². The number of carbonyl (C=O) groups excluding carboxylic acids is 2. The molecule has 150 valence electrons. The van der Waals surface area contributed by atoms with Crippen LogP contribution in [0.4, 0.5) is 5.13 Å². The van der Waals surface area contributed by atoms with Gasteiger partial charge in [-0.2, -0.15) is 0 Å². The number of anilines is 1. The van der Waals surface area contributed by atoms with Gasteiger partial charge in [0.1, 0.15) is 12.0 Å². The van der Waals surface area contributed by atoms with Gasteiger partial charge in [0, 0.05) is 17.0 Å². The third-order valence-corrected chi connectivity index (χ3v) is 6.15. The van der Waals surface area contributed by atoms with Crippen LogP contribution >= 0.6 is 39.0 Å². The fraction of sp³-hybridized carbons (Fsp3) is 0.167. The Hall–Kier alpha value is -2.50. The second kappa shape index (κ2) is 9.81. The van der Waals surface area contributed by atoms with E-state index in [1.165, 1.54) is 29.2 Å². The minimum absolute atomic E-state index is 0.142. The predicted octanol–water partition coefficient (Wildman–Crippen LogP) is 4.11. The summed E-state index contributed by atoms with van der Waals surface area (Å²) in [5.74, 6) is -0.293. The molecule has 0 atom stereocenters. The topological polar surface area (TPSA) is 111 Å². The molecule has 8 nitrogen and oxygen atoms in total. The largest absolute Gasteiger partial charge is 0.464 e. The summed E-state index contributed by atoms with van der Waals surface area (Å²) >= 11 is 5.79. The summed E-state index contributed by atoms with van der Waals surface area (Å²) in [4.78, 5) is 35.8. The van der Waals surface area contributed by atoms with E-state index in [0.717, 1.165) is 6.26 Å². The molecule has 2 heterocycles. The molecule has 1 N–H and O–H groups in total. The smallest absolute Gasteiger partial charge is 0.344 e. The fourth-order valence-corrected chi connectivity index (χ4v) is 4.13. The lowest BCUT2D eigenvalue weighted by Gasteiger charge is -2.05. The Bertz CT molecular complexity index is 1100. The number of ether oxygens (including phenoxy) is 1. The fourth-order valence-electron chi connectivity index (χ4n) is 2.03. The van der Waals surface area contributed by atoms with E-state index in [1.807, 2.05) is 0 Å². The second-order valence-electron chi connectivity index (χ2n) is 5.51. The highest BCUT2D eigenvalue weighted by atomic mass is 79.9. The van der Waals surface area contributed by atoms with Crippen molar-refractivity contribution < 1.29 is 18.7 Å². The van der Waals surface area contributed by atoms with E-state index in [1.54, 1.807) is 31.2 Å². The van der Waals surface area contributed by atoms with Crippen molar-refractivity contribution in [2.45, 2.75) is 23.4 Å². The van der Waals surface area contributed by atoms with Crippen LogP contribution in [0.25, 0.3) is 0 Å². The lowest BCUT2D eigenvalue weighted by atomic mass is 10.2. The van der Waals surface area contributed by atoms with E-state index in [2.05, 4.69) is 31.4 Å². The van der Waals surface area contributed by atoms with Crippen LogP contribution in [-0.2, 0) is 10.5 Å². The van der Waals surface area contributed by atoms with Gasteiger partial charge in [-0.3, -0.25) is 9.59 Å². The van der Waals surface area contributed by atoms with Crippen molar-refractivity contribution in [2.75, 3.05) is 5.32 Å². The maximum Gasteiger partial charge on any atom is 0.344 e. The first-order chi connectivity index (χ1) is 14.0. The van der Waals surface area contributed by atoms with Crippen LogP contribution in [0.2, 0.25) is 0 Å². The normalized spacial score (nSPS) is 10.6. The molecule has 29 heavy (non-hydrogen) atoms. The molecule has 3 aromatic rings. The number of hydrogen-bond donors (Lipinski definition) is 1. The van der Waals surface area contributed by atoms with Crippen molar-refractivity contribution >= 4 is 56.0 Å². The maximum atomic E-state index is 12.2. The summed E-state index contributed by atoms with van der Waals surface area (Å²) in [5.41, 5.74) is -0.172. The van der Waals surface area contributed by atoms with Crippen LogP contribution in [0.5, 0.6) is 5.75 Å². The minimum atomic E-state index is -0.664. The van der Waals surface area contributed by atoms with Crippen molar-refractivity contribution in [2.24, 2.45) is 0 Å². The highest BCUT2D eigenvalue weighted by molar-refractivity contribution is 9.10. The monoisotopic (exact) mass is 495 g/mol. The zero-order valence-electron chi connectivity index (χ0n) is 15.0. The highest BCUT2D eigenvalue weighted by Crippen LogP contribution is 2.28. The summed E-state index contributed by atoms with van der Waals surface area (Å²) in [6.45, 7) is 1.74. The molecule has 3 rings (SSSR count). The van der Waals surface area contributed by atoms with E-state index in [0.29, 0.717) is 37.4 Å². The molecule has 1 amide bonds. The van der Waals surface area contributed by atoms with Gasteiger partial charge < -0.3 is 14.5 Å². The molecule has 11 heteroatoms. The quantitative estimate of drug-likeness (QED) is 0.296. The summed E-state index contributed by atoms with van der Waals surface area (Å²) in [6.07, 6.45) is 1.46. The molecule has 0 bridgehead atoms. The average Bonchev–Trinajstić information content (AvgIpc) is 3.15. The summed E-state index contributed by atoms with van der Waals surface area (Å²) < 4.78 is 11.7. The van der Waals surface area contributed by atoms with Gasteiger partial charge in [-0.1, -0.05) is 42.2 Å². The van der Waals surface area contributed by atoms with Crippen LogP contribution in [0.3, 0.4) is 0 Å². The van der Waals surface area contributed by atoms with Gasteiger partial charge in [0.25, 0.3) is 0 Å². The maximum absolute atomic E-state index is 12.2. The standard InChI is InChI=1S/C18H14BrN3O5S2/c1-2-15(24)20-17-21-22-18(29-17)28-9-10-7-13(23)14(8-26-10)27-16(25)11-5-3-4-6-12(11)19/h3-8H,2,9H2,1H3,(H,20,21,24). The molecule has 0 aliphatic heterocycles. The molecule has 0 saturated carbocycles. The van der Waals surface area contributed by atoms with Crippen molar-refractivity contribution in [1.82, 2.24) is 10.2 Å². The molecule has 1 aromatic carbocycles. The molecule has 0 aliphatic carbocycles. The number of carbonyl (C=O) groups is 2. The summed E-state index contributed by atoms with van der Waals surface area (Å²) in [5, 5.41) is 10.9. The first kappa shape index (κ1) is 21.2. The summed E-state index contributed by atoms with van der Waals surface area (Å²) in [7, 11) is 0. The molecule has 0 aliphatic rings. The highest BCUT2D eigenvalue weighted by Gasteiger charge is 2.15. The molecule has 0 fully saturated rings. The molecular formula is C18H14BrN3O5S2. The summed E-state index contributed by atoms with van der Waals surface area (Å²) in [6, 6.07) is 8.00. The number of thioether (sulfide) groups is 1. The van der Waals surface area contributed by atoms with E-state index in [-0.39, 0.29) is 11.7 Å². The molecule has 0 saturated heterocycles. The number of esters is 1. The lowest BCUT2D eigenvalue weighted by molar-refractivity contribution is -0.115.